The van der Waals surface area contributed by atoms with Crippen LogP contribution in [-0.4, -0.2) is 16.5 Å². The van der Waals surface area contributed by atoms with Crippen LogP contribution in [0.4, 0.5) is 11.4 Å². The van der Waals surface area contributed by atoms with Crippen molar-refractivity contribution < 1.29 is 4.92 Å². The zero-order valence-corrected chi connectivity index (χ0v) is 11.7. The third-order valence-corrected chi connectivity index (χ3v) is 3.70. The van der Waals surface area contributed by atoms with Crippen LogP contribution in [0.3, 0.4) is 0 Å². The Labute approximate surface area is 115 Å². The summed E-state index contributed by atoms with van der Waals surface area (Å²) in [7, 11) is 0. The van der Waals surface area contributed by atoms with E-state index in [2.05, 4.69) is 10.3 Å². The van der Waals surface area contributed by atoms with Crippen LogP contribution in [0.15, 0.2) is 23.6 Å². The monoisotopic (exact) mass is 277 g/mol. The van der Waals surface area contributed by atoms with Crippen LogP contribution in [-0.2, 0) is 6.42 Å². The van der Waals surface area contributed by atoms with Crippen LogP contribution in [0, 0.1) is 24.0 Å². The average Bonchev–Trinajstić information content (AvgIpc) is 2.75. The molecule has 19 heavy (non-hydrogen) atoms. The third kappa shape index (κ3) is 3.51. The number of nitro benzene ring substituents is 1. The van der Waals surface area contributed by atoms with Gasteiger partial charge in [0.2, 0.25) is 0 Å². The van der Waals surface area contributed by atoms with E-state index in [0.717, 1.165) is 22.7 Å². The Hall–Kier alpha value is -1.95. The van der Waals surface area contributed by atoms with Crippen molar-refractivity contribution in [1.82, 2.24) is 4.98 Å². The highest BCUT2D eigenvalue weighted by Gasteiger charge is 2.12. The molecule has 5 nitrogen and oxygen atoms in total. The first-order valence-corrected chi connectivity index (χ1v) is 6.84. The standard InChI is InChI=1S/C13H15N3O2S/c1-9-3-4-12(16(17)18)11(7-9)14-6-5-13-15-10(2)8-19-13/h3-4,7-8,14H,5-6H2,1-2H3. The molecule has 0 fully saturated rings. The normalized spacial score (nSPS) is 10.4. The van der Waals surface area contributed by atoms with E-state index < -0.39 is 0 Å². The molecule has 1 N–H and O–H groups in total. The summed E-state index contributed by atoms with van der Waals surface area (Å²) in [5.41, 5.74) is 2.69. The van der Waals surface area contributed by atoms with Crippen molar-refractivity contribution in [2.75, 3.05) is 11.9 Å². The van der Waals surface area contributed by atoms with E-state index in [0.29, 0.717) is 12.2 Å². The summed E-state index contributed by atoms with van der Waals surface area (Å²) in [5.74, 6) is 0. The minimum Gasteiger partial charge on any atom is -0.379 e. The van der Waals surface area contributed by atoms with Gasteiger partial charge in [0.1, 0.15) is 5.69 Å². The van der Waals surface area contributed by atoms with Crippen LogP contribution >= 0.6 is 11.3 Å². The van der Waals surface area contributed by atoms with Crippen molar-refractivity contribution in [3.05, 3.63) is 50.0 Å². The molecule has 1 aromatic heterocycles. The van der Waals surface area contributed by atoms with Crippen molar-refractivity contribution in [1.29, 1.82) is 0 Å². The number of nitrogens with zero attached hydrogens (tertiary/aromatic N) is 2. The SMILES string of the molecule is Cc1ccc([N+](=O)[O-])c(NCCc2nc(C)cs2)c1. The molecule has 0 atom stereocenters. The molecule has 0 unspecified atom stereocenters. The number of anilines is 1. The highest BCUT2D eigenvalue weighted by molar-refractivity contribution is 7.09. The highest BCUT2D eigenvalue weighted by atomic mass is 32.1. The summed E-state index contributed by atoms with van der Waals surface area (Å²) in [6.45, 7) is 4.51. The number of hydrogen-bond acceptors (Lipinski definition) is 5. The lowest BCUT2D eigenvalue weighted by Gasteiger charge is -2.07. The summed E-state index contributed by atoms with van der Waals surface area (Å²) in [6.07, 6.45) is 0.767. The Morgan fingerprint density at radius 1 is 1.42 bits per heavy atom. The predicted octanol–water partition coefficient (Wildman–Crippen LogP) is 3.32. The van der Waals surface area contributed by atoms with Gasteiger partial charge in [0.15, 0.2) is 0 Å². The summed E-state index contributed by atoms with van der Waals surface area (Å²) in [6, 6.07) is 5.07. The van der Waals surface area contributed by atoms with Crippen molar-refractivity contribution in [3.8, 4) is 0 Å². The molecule has 2 aromatic rings. The Morgan fingerprint density at radius 3 is 2.84 bits per heavy atom. The zero-order valence-electron chi connectivity index (χ0n) is 10.8. The molecule has 1 heterocycles. The largest absolute Gasteiger partial charge is 0.379 e. The van der Waals surface area contributed by atoms with Gasteiger partial charge in [-0.15, -0.1) is 11.3 Å². The maximum absolute atomic E-state index is 10.9. The van der Waals surface area contributed by atoms with Crippen molar-refractivity contribution in [2.24, 2.45) is 0 Å². The van der Waals surface area contributed by atoms with Crippen LogP contribution in [0.1, 0.15) is 16.3 Å². The van der Waals surface area contributed by atoms with Crippen LogP contribution in [0.5, 0.6) is 0 Å². The molecule has 0 aliphatic carbocycles. The van der Waals surface area contributed by atoms with Crippen molar-refractivity contribution in [3.63, 3.8) is 0 Å². The van der Waals surface area contributed by atoms with Crippen LogP contribution < -0.4 is 5.32 Å². The Morgan fingerprint density at radius 2 is 2.21 bits per heavy atom. The summed E-state index contributed by atoms with van der Waals surface area (Å²) in [4.78, 5) is 14.9. The Balaban J connectivity index is 2.02. The van der Waals surface area contributed by atoms with Crippen molar-refractivity contribution in [2.45, 2.75) is 20.3 Å². The van der Waals surface area contributed by atoms with E-state index in [-0.39, 0.29) is 10.6 Å². The molecule has 0 aliphatic rings. The molecular weight excluding hydrogens is 262 g/mol. The first-order valence-electron chi connectivity index (χ1n) is 5.96. The van der Waals surface area contributed by atoms with E-state index in [1.165, 1.54) is 6.07 Å². The first-order chi connectivity index (χ1) is 9.06. The number of hydrogen-bond donors (Lipinski definition) is 1. The van der Waals surface area contributed by atoms with E-state index in [1.54, 1.807) is 23.5 Å². The fourth-order valence-corrected chi connectivity index (χ4v) is 2.55. The maximum Gasteiger partial charge on any atom is 0.292 e. The van der Waals surface area contributed by atoms with E-state index in [1.807, 2.05) is 19.2 Å². The molecule has 0 radical (unpaired) electrons. The predicted molar refractivity (Wildman–Crippen MR) is 76.9 cm³/mol. The molecule has 0 saturated carbocycles. The lowest BCUT2D eigenvalue weighted by atomic mass is 10.2. The van der Waals surface area contributed by atoms with E-state index in [9.17, 15) is 10.1 Å². The van der Waals surface area contributed by atoms with Gasteiger partial charge in [0.25, 0.3) is 5.69 Å². The molecule has 6 heteroatoms. The molecule has 0 amide bonds. The van der Waals surface area contributed by atoms with Gasteiger partial charge < -0.3 is 5.32 Å². The minimum absolute atomic E-state index is 0.112. The molecule has 0 saturated heterocycles. The fourth-order valence-electron chi connectivity index (χ4n) is 1.77. The average molecular weight is 277 g/mol. The molecule has 1 aromatic carbocycles. The molecule has 0 aliphatic heterocycles. The molecular formula is C13H15N3O2S. The number of nitro groups is 1. The highest BCUT2D eigenvalue weighted by Crippen LogP contribution is 2.25. The quantitative estimate of drug-likeness (QED) is 0.672. The van der Waals surface area contributed by atoms with Gasteiger partial charge in [-0.1, -0.05) is 6.07 Å². The number of thiazole rings is 1. The Kier molecular flexibility index (Phi) is 4.11. The van der Waals surface area contributed by atoms with E-state index in [4.69, 9.17) is 0 Å². The number of aryl methyl sites for hydroxylation is 2. The topological polar surface area (TPSA) is 68.1 Å². The van der Waals surface area contributed by atoms with Crippen LogP contribution in [0.2, 0.25) is 0 Å². The van der Waals surface area contributed by atoms with E-state index >= 15 is 0 Å². The summed E-state index contributed by atoms with van der Waals surface area (Å²) >= 11 is 1.61. The van der Waals surface area contributed by atoms with Gasteiger partial charge >= 0.3 is 0 Å². The summed E-state index contributed by atoms with van der Waals surface area (Å²) < 4.78 is 0. The lowest BCUT2D eigenvalue weighted by molar-refractivity contribution is -0.384. The third-order valence-electron chi connectivity index (χ3n) is 2.67. The first kappa shape index (κ1) is 13.5. The molecule has 0 bridgehead atoms. The van der Waals surface area contributed by atoms with Crippen LogP contribution in [0.25, 0.3) is 0 Å². The fraction of sp³-hybridized carbons (Fsp3) is 0.308. The Bertz CT molecular complexity index is 595. The van der Waals surface area contributed by atoms with Gasteiger partial charge in [-0.25, -0.2) is 4.98 Å². The van der Waals surface area contributed by atoms with Gasteiger partial charge in [-0.3, -0.25) is 10.1 Å². The van der Waals surface area contributed by atoms with Crippen molar-refractivity contribution >= 4 is 22.7 Å². The van der Waals surface area contributed by atoms with Gasteiger partial charge in [-0.2, -0.15) is 0 Å². The van der Waals surface area contributed by atoms with Gasteiger partial charge in [0.05, 0.1) is 9.93 Å². The molecule has 2 rings (SSSR count). The number of nitrogens with one attached hydrogen (secondary N) is 1. The maximum atomic E-state index is 10.9. The number of rotatable bonds is 5. The minimum atomic E-state index is -0.366. The molecule has 100 valence electrons. The summed E-state index contributed by atoms with van der Waals surface area (Å²) in [5, 5.41) is 17.1. The lowest BCUT2D eigenvalue weighted by Crippen LogP contribution is -2.07. The smallest absolute Gasteiger partial charge is 0.292 e. The second-order valence-electron chi connectivity index (χ2n) is 4.34. The number of benzene rings is 1. The molecule has 0 spiro atoms. The zero-order chi connectivity index (χ0) is 13.8. The second-order valence-corrected chi connectivity index (χ2v) is 5.28. The number of aromatic nitrogens is 1. The van der Waals surface area contributed by atoms with Gasteiger partial charge in [-0.05, 0) is 25.5 Å². The second kappa shape index (κ2) is 5.79. The van der Waals surface area contributed by atoms with Gasteiger partial charge in [0, 0.05) is 30.1 Å².